The molecule has 22 heavy (non-hydrogen) atoms. The summed E-state index contributed by atoms with van der Waals surface area (Å²) < 4.78 is 45.9. The van der Waals surface area contributed by atoms with Crippen LogP contribution in [0.3, 0.4) is 0 Å². The highest BCUT2D eigenvalue weighted by molar-refractivity contribution is 5.41. The van der Waals surface area contributed by atoms with Crippen molar-refractivity contribution >= 4 is 0 Å². The number of likely N-dealkylation sites (tertiary alicyclic amines) is 1. The Balaban J connectivity index is 2.25. The van der Waals surface area contributed by atoms with Crippen LogP contribution in [0, 0.1) is 0 Å². The van der Waals surface area contributed by atoms with Crippen LogP contribution in [-0.2, 0) is 6.54 Å². The molecular weight excluding hydrogens is 295 g/mol. The van der Waals surface area contributed by atoms with Gasteiger partial charge in [-0.3, -0.25) is 4.90 Å². The molecule has 1 N–H and O–H groups in total. The third-order valence-electron chi connectivity index (χ3n) is 4.43. The average Bonchev–Trinajstić information content (AvgIpc) is 2.83. The summed E-state index contributed by atoms with van der Waals surface area (Å²) in [4.78, 5) is 1.51. The first-order valence-corrected chi connectivity index (χ1v) is 7.51. The largest absolute Gasteiger partial charge is 0.504 e. The molecule has 0 unspecified atom stereocenters. The number of aromatic hydroxyl groups is 1. The third kappa shape index (κ3) is 3.02. The fourth-order valence-corrected chi connectivity index (χ4v) is 3.38. The Hall–Kier alpha value is -1.43. The lowest BCUT2D eigenvalue weighted by Crippen LogP contribution is -2.54. The second kappa shape index (κ2) is 6.36. The van der Waals surface area contributed by atoms with Crippen LogP contribution in [0.5, 0.6) is 11.5 Å². The van der Waals surface area contributed by atoms with E-state index in [1.54, 1.807) is 19.1 Å². The topological polar surface area (TPSA) is 32.7 Å². The van der Waals surface area contributed by atoms with Crippen molar-refractivity contribution in [3.63, 3.8) is 0 Å². The number of rotatable bonds is 5. The van der Waals surface area contributed by atoms with Gasteiger partial charge in [0.1, 0.15) is 5.54 Å². The molecule has 0 amide bonds. The van der Waals surface area contributed by atoms with Crippen LogP contribution in [0.2, 0.25) is 0 Å². The molecule has 1 atom stereocenters. The molecule has 6 heteroatoms. The van der Waals surface area contributed by atoms with Crippen LogP contribution in [-0.4, -0.2) is 35.4 Å². The highest BCUT2D eigenvalue weighted by atomic mass is 19.4. The molecule has 1 aliphatic heterocycles. The van der Waals surface area contributed by atoms with Crippen molar-refractivity contribution in [2.75, 3.05) is 13.7 Å². The maximum atomic E-state index is 13.6. The number of halogens is 3. The summed E-state index contributed by atoms with van der Waals surface area (Å²) >= 11 is 0. The monoisotopic (exact) mass is 317 g/mol. The number of phenols is 1. The Morgan fingerprint density at radius 3 is 2.64 bits per heavy atom. The number of hydrogen-bond donors (Lipinski definition) is 1. The van der Waals surface area contributed by atoms with Crippen molar-refractivity contribution in [1.29, 1.82) is 0 Å². The Morgan fingerprint density at radius 1 is 1.36 bits per heavy atom. The van der Waals surface area contributed by atoms with Gasteiger partial charge < -0.3 is 9.84 Å². The molecule has 0 spiro atoms. The van der Waals surface area contributed by atoms with Gasteiger partial charge in [0.05, 0.1) is 7.11 Å². The van der Waals surface area contributed by atoms with Crippen molar-refractivity contribution in [2.24, 2.45) is 0 Å². The van der Waals surface area contributed by atoms with E-state index in [0.717, 1.165) is 0 Å². The van der Waals surface area contributed by atoms with Crippen molar-refractivity contribution in [3.8, 4) is 11.5 Å². The van der Waals surface area contributed by atoms with Gasteiger partial charge in [0, 0.05) is 6.54 Å². The third-order valence-corrected chi connectivity index (χ3v) is 4.43. The Kier molecular flexibility index (Phi) is 4.90. The fraction of sp³-hybridized carbons (Fsp3) is 0.625. The Morgan fingerprint density at radius 2 is 2.09 bits per heavy atom. The second-order valence-electron chi connectivity index (χ2n) is 5.81. The number of phenolic OH excluding ortho intramolecular Hbond substituents is 1. The molecule has 1 aliphatic rings. The minimum Gasteiger partial charge on any atom is -0.504 e. The minimum absolute atomic E-state index is 0.0488. The Labute approximate surface area is 128 Å². The maximum absolute atomic E-state index is 13.6. The van der Waals surface area contributed by atoms with E-state index in [9.17, 15) is 18.3 Å². The molecule has 0 aromatic heterocycles. The van der Waals surface area contributed by atoms with Gasteiger partial charge in [0.15, 0.2) is 11.5 Å². The normalized spacial score (nSPS) is 23.0. The highest BCUT2D eigenvalue weighted by Crippen LogP contribution is 2.47. The van der Waals surface area contributed by atoms with E-state index in [2.05, 4.69) is 0 Å². The summed E-state index contributed by atoms with van der Waals surface area (Å²) in [6.07, 6.45) is -2.95. The lowest BCUT2D eigenvalue weighted by molar-refractivity contribution is -0.227. The van der Waals surface area contributed by atoms with E-state index in [1.165, 1.54) is 18.1 Å². The molecule has 0 bridgehead atoms. The minimum atomic E-state index is -4.24. The molecular formula is C16H22F3NO2. The van der Waals surface area contributed by atoms with Crippen molar-refractivity contribution in [1.82, 2.24) is 4.90 Å². The summed E-state index contributed by atoms with van der Waals surface area (Å²) in [7, 11) is 1.44. The van der Waals surface area contributed by atoms with E-state index >= 15 is 0 Å². The van der Waals surface area contributed by atoms with Crippen LogP contribution < -0.4 is 4.74 Å². The van der Waals surface area contributed by atoms with Crippen LogP contribution in [0.15, 0.2) is 18.2 Å². The second-order valence-corrected chi connectivity index (χ2v) is 5.81. The van der Waals surface area contributed by atoms with Gasteiger partial charge in [0.25, 0.3) is 0 Å². The van der Waals surface area contributed by atoms with Crippen molar-refractivity contribution < 1.29 is 23.0 Å². The summed E-state index contributed by atoms with van der Waals surface area (Å²) in [6.45, 7) is 2.38. The lowest BCUT2D eigenvalue weighted by Gasteiger charge is -2.40. The molecule has 1 aromatic rings. The summed E-state index contributed by atoms with van der Waals surface area (Å²) in [6, 6.07) is 4.75. The molecule has 0 saturated carbocycles. The van der Waals surface area contributed by atoms with Crippen molar-refractivity contribution in [2.45, 2.75) is 50.9 Å². The van der Waals surface area contributed by atoms with E-state index in [0.29, 0.717) is 30.7 Å². The van der Waals surface area contributed by atoms with Gasteiger partial charge in [-0.05, 0) is 43.5 Å². The number of methoxy groups -OCH3 is 1. The van der Waals surface area contributed by atoms with Gasteiger partial charge in [-0.2, -0.15) is 13.2 Å². The zero-order valence-corrected chi connectivity index (χ0v) is 12.9. The van der Waals surface area contributed by atoms with E-state index in [1.807, 2.05) is 0 Å². The van der Waals surface area contributed by atoms with E-state index in [-0.39, 0.29) is 25.1 Å². The first kappa shape index (κ1) is 16.9. The fourth-order valence-electron chi connectivity index (χ4n) is 3.38. The molecule has 0 radical (unpaired) electrons. The zero-order chi connectivity index (χ0) is 16.4. The standard InChI is InChI=1S/C16H22F3NO2/c1-3-7-15(16(17,18)19)8-4-9-20(15)11-12-5-6-14(22-2)13(21)10-12/h5-6,10,21H,3-4,7-9,11H2,1-2H3/t15-/m1/s1. The van der Waals surface area contributed by atoms with E-state index in [4.69, 9.17) is 4.74 Å². The molecule has 1 fully saturated rings. The first-order valence-electron chi connectivity index (χ1n) is 7.51. The van der Waals surface area contributed by atoms with Crippen LogP contribution in [0.4, 0.5) is 13.2 Å². The van der Waals surface area contributed by atoms with Gasteiger partial charge in [-0.15, -0.1) is 0 Å². The maximum Gasteiger partial charge on any atom is 0.406 e. The van der Waals surface area contributed by atoms with Gasteiger partial charge >= 0.3 is 6.18 Å². The smallest absolute Gasteiger partial charge is 0.406 e. The SMILES string of the molecule is CCC[C@]1(C(F)(F)F)CCCN1Cc1ccc(OC)c(O)c1. The van der Waals surface area contributed by atoms with Crippen LogP contribution >= 0.6 is 0 Å². The number of benzene rings is 1. The van der Waals surface area contributed by atoms with Gasteiger partial charge in [-0.1, -0.05) is 19.4 Å². The molecule has 2 rings (SSSR count). The molecule has 124 valence electrons. The summed E-state index contributed by atoms with van der Waals surface area (Å²) in [5.41, 5.74) is -1.08. The molecule has 1 heterocycles. The van der Waals surface area contributed by atoms with E-state index < -0.39 is 11.7 Å². The number of hydrogen-bond acceptors (Lipinski definition) is 3. The average molecular weight is 317 g/mol. The van der Waals surface area contributed by atoms with Crippen LogP contribution in [0.1, 0.15) is 38.2 Å². The number of nitrogens with zero attached hydrogens (tertiary/aromatic N) is 1. The Bertz CT molecular complexity index is 519. The van der Waals surface area contributed by atoms with Crippen LogP contribution in [0.25, 0.3) is 0 Å². The van der Waals surface area contributed by atoms with Gasteiger partial charge in [-0.25, -0.2) is 0 Å². The van der Waals surface area contributed by atoms with Crippen molar-refractivity contribution in [3.05, 3.63) is 23.8 Å². The molecule has 0 aliphatic carbocycles. The number of ether oxygens (including phenoxy) is 1. The first-order chi connectivity index (χ1) is 10.3. The molecule has 1 aromatic carbocycles. The summed E-state index contributed by atoms with van der Waals surface area (Å²) in [5.74, 6) is 0.271. The number of alkyl halides is 3. The predicted molar refractivity (Wildman–Crippen MR) is 78.0 cm³/mol. The predicted octanol–water partition coefficient (Wildman–Crippen LogP) is 4.10. The lowest BCUT2D eigenvalue weighted by atomic mass is 9.89. The highest BCUT2D eigenvalue weighted by Gasteiger charge is 2.59. The zero-order valence-electron chi connectivity index (χ0n) is 12.9. The molecule has 1 saturated heterocycles. The summed E-state index contributed by atoms with van der Waals surface area (Å²) in [5, 5.41) is 9.79. The quantitative estimate of drug-likeness (QED) is 0.887. The molecule has 3 nitrogen and oxygen atoms in total. The van der Waals surface area contributed by atoms with Gasteiger partial charge in [0.2, 0.25) is 0 Å².